The summed E-state index contributed by atoms with van der Waals surface area (Å²) in [5.41, 5.74) is 7.09. The van der Waals surface area contributed by atoms with Crippen LogP contribution in [0.3, 0.4) is 0 Å². The van der Waals surface area contributed by atoms with Crippen LogP contribution in [0.5, 0.6) is 0 Å². The molecule has 0 unspecified atom stereocenters. The zero-order valence-corrected chi connectivity index (χ0v) is 8.04. The van der Waals surface area contributed by atoms with E-state index >= 15 is 0 Å². The second-order valence-corrected chi connectivity index (χ2v) is 2.90. The number of rotatable bonds is 3. The van der Waals surface area contributed by atoms with Crippen LogP contribution >= 0.6 is 0 Å². The van der Waals surface area contributed by atoms with Gasteiger partial charge in [-0.05, 0) is 12.8 Å². The molecule has 0 aliphatic carbocycles. The molecule has 4 nitrogen and oxygen atoms in total. The second kappa shape index (κ2) is 3.94. The smallest absolute Gasteiger partial charge is 0.140 e. The van der Waals surface area contributed by atoms with Crippen LogP contribution in [0.4, 0.5) is 5.82 Å². The van der Waals surface area contributed by atoms with Crippen molar-refractivity contribution in [2.24, 2.45) is 0 Å². The minimum atomic E-state index is 0.501. The van der Waals surface area contributed by atoms with E-state index in [9.17, 15) is 0 Å². The van der Waals surface area contributed by atoms with Crippen LogP contribution in [0, 0.1) is 11.3 Å². The van der Waals surface area contributed by atoms with Gasteiger partial charge in [-0.1, -0.05) is 13.8 Å². The Bertz CT molecular complexity index is 332. The predicted octanol–water partition coefficient (Wildman–Crippen LogP) is 1.31. The molecular formula is C9H14N4. The highest BCUT2D eigenvalue weighted by atomic mass is 15.3. The molecule has 70 valence electrons. The second-order valence-electron chi connectivity index (χ2n) is 2.90. The molecule has 1 aromatic heterocycles. The molecule has 0 atom stereocenters. The van der Waals surface area contributed by atoms with E-state index in [0.717, 1.165) is 25.1 Å². The van der Waals surface area contributed by atoms with Crippen molar-refractivity contribution in [3.63, 3.8) is 0 Å². The van der Waals surface area contributed by atoms with Crippen molar-refractivity contribution in [2.45, 2.75) is 33.2 Å². The van der Waals surface area contributed by atoms with E-state index in [0.29, 0.717) is 11.4 Å². The molecule has 0 bridgehead atoms. The lowest BCUT2D eigenvalue weighted by atomic mass is 10.2. The molecule has 0 aromatic carbocycles. The van der Waals surface area contributed by atoms with Crippen LogP contribution in [0.1, 0.15) is 31.5 Å². The SMILES string of the molecule is CCCn1nc(CC)c(C#N)c1N. The fourth-order valence-electron chi connectivity index (χ4n) is 1.28. The molecule has 1 rings (SSSR count). The summed E-state index contributed by atoms with van der Waals surface area (Å²) >= 11 is 0. The molecule has 2 N–H and O–H groups in total. The Labute approximate surface area is 78.0 Å². The number of nitrogens with two attached hydrogens (primary N) is 1. The number of nitriles is 1. The van der Waals surface area contributed by atoms with Crippen molar-refractivity contribution in [1.29, 1.82) is 5.26 Å². The zero-order chi connectivity index (χ0) is 9.84. The maximum absolute atomic E-state index is 8.83. The molecule has 0 spiro atoms. The molecule has 0 aliphatic heterocycles. The topological polar surface area (TPSA) is 67.6 Å². The van der Waals surface area contributed by atoms with Gasteiger partial charge < -0.3 is 5.73 Å². The van der Waals surface area contributed by atoms with E-state index < -0.39 is 0 Å². The molecule has 0 fully saturated rings. The summed E-state index contributed by atoms with van der Waals surface area (Å²) in [6.07, 6.45) is 1.73. The number of nitrogen functional groups attached to an aromatic ring is 1. The van der Waals surface area contributed by atoms with Gasteiger partial charge in [0.25, 0.3) is 0 Å². The third-order valence-electron chi connectivity index (χ3n) is 1.95. The van der Waals surface area contributed by atoms with E-state index in [2.05, 4.69) is 18.1 Å². The fraction of sp³-hybridized carbons (Fsp3) is 0.556. The number of aryl methyl sites for hydroxylation is 2. The molecule has 0 radical (unpaired) electrons. The Morgan fingerprint density at radius 1 is 1.54 bits per heavy atom. The van der Waals surface area contributed by atoms with Gasteiger partial charge in [-0.25, -0.2) is 4.68 Å². The van der Waals surface area contributed by atoms with Gasteiger partial charge in [0.05, 0.1) is 5.69 Å². The third kappa shape index (κ3) is 1.64. The van der Waals surface area contributed by atoms with Crippen molar-refractivity contribution < 1.29 is 0 Å². The van der Waals surface area contributed by atoms with E-state index in [4.69, 9.17) is 11.0 Å². The average Bonchev–Trinajstić information content (AvgIpc) is 2.44. The zero-order valence-electron chi connectivity index (χ0n) is 8.04. The summed E-state index contributed by atoms with van der Waals surface area (Å²) in [5.74, 6) is 0.501. The monoisotopic (exact) mass is 178 g/mol. The Morgan fingerprint density at radius 3 is 2.62 bits per heavy atom. The van der Waals surface area contributed by atoms with E-state index in [1.165, 1.54) is 0 Å². The summed E-state index contributed by atoms with van der Waals surface area (Å²) in [4.78, 5) is 0. The first-order chi connectivity index (χ1) is 6.24. The standard InChI is InChI=1S/C9H14N4/c1-3-5-13-9(11)7(6-10)8(4-2)12-13/h3-5,11H2,1-2H3. The summed E-state index contributed by atoms with van der Waals surface area (Å²) in [7, 11) is 0. The first-order valence-electron chi connectivity index (χ1n) is 4.49. The summed E-state index contributed by atoms with van der Waals surface area (Å²) in [6, 6.07) is 2.09. The molecule has 13 heavy (non-hydrogen) atoms. The molecule has 1 heterocycles. The molecule has 0 aliphatic rings. The number of nitrogens with zero attached hydrogens (tertiary/aromatic N) is 3. The molecule has 0 saturated heterocycles. The number of anilines is 1. The Kier molecular flexibility index (Phi) is 2.91. The predicted molar refractivity (Wildman–Crippen MR) is 51.0 cm³/mol. The first-order valence-corrected chi connectivity index (χ1v) is 4.49. The number of hydrogen-bond donors (Lipinski definition) is 1. The third-order valence-corrected chi connectivity index (χ3v) is 1.95. The Morgan fingerprint density at radius 2 is 2.23 bits per heavy atom. The highest BCUT2D eigenvalue weighted by molar-refractivity contribution is 5.52. The average molecular weight is 178 g/mol. The summed E-state index contributed by atoms with van der Waals surface area (Å²) in [5, 5.41) is 13.1. The van der Waals surface area contributed by atoms with Gasteiger partial charge in [0, 0.05) is 6.54 Å². The van der Waals surface area contributed by atoms with E-state index in [-0.39, 0.29) is 0 Å². The minimum Gasteiger partial charge on any atom is -0.383 e. The van der Waals surface area contributed by atoms with Crippen molar-refractivity contribution in [2.75, 3.05) is 5.73 Å². The van der Waals surface area contributed by atoms with Crippen molar-refractivity contribution in [3.05, 3.63) is 11.3 Å². The Hall–Kier alpha value is -1.50. The minimum absolute atomic E-state index is 0.501. The lowest BCUT2D eigenvalue weighted by Gasteiger charge is -1.99. The van der Waals surface area contributed by atoms with Crippen molar-refractivity contribution in [3.8, 4) is 6.07 Å². The van der Waals surface area contributed by atoms with Gasteiger partial charge >= 0.3 is 0 Å². The summed E-state index contributed by atoms with van der Waals surface area (Å²) < 4.78 is 1.71. The van der Waals surface area contributed by atoms with Gasteiger partial charge in [0.2, 0.25) is 0 Å². The maximum Gasteiger partial charge on any atom is 0.140 e. The van der Waals surface area contributed by atoms with Gasteiger partial charge in [0.15, 0.2) is 0 Å². The van der Waals surface area contributed by atoms with Gasteiger partial charge in [0.1, 0.15) is 17.5 Å². The normalized spacial score (nSPS) is 9.92. The van der Waals surface area contributed by atoms with Crippen molar-refractivity contribution in [1.82, 2.24) is 9.78 Å². The molecule has 1 aromatic rings. The van der Waals surface area contributed by atoms with Crippen LogP contribution in [-0.4, -0.2) is 9.78 Å². The quantitative estimate of drug-likeness (QED) is 0.758. The van der Waals surface area contributed by atoms with Crippen LogP contribution in [0.2, 0.25) is 0 Å². The molecule has 0 saturated carbocycles. The maximum atomic E-state index is 8.83. The van der Waals surface area contributed by atoms with E-state index in [1.807, 2.05) is 6.92 Å². The van der Waals surface area contributed by atoms with Crippen LogP contribution in [0.15, 0.2) is 0 Å². The van der Waals surface area contributed by atoms with Crippen LogP contribution < -0.4 is 5.73 Å². The lowest BCUT2D eigenvalue weighted by molar-refractivity contribution is 0.603. The van der Waals surface area contributed by atoms with Crippen LogP contribution in [0.25, 0.3) is 0 Å². The van der Waals surface area contributed by atoms with Crippen molar-refractivity contribution >= 4 is 5.82 Å². The lowest BCUT2D eigenvalue weighted by Crippen LogP contribution is -2.04. The van der Waals surface area contributed by atoms with Crippen LogP contribution in [-0.2, 0) is 13.0 Å². The molecule has 4 heteroatoms. The number of hydrogen-bond acceptors (Lipinski definition) is 3. The van der Waals surface area contributed by atoms with Gasteiger partial charge in [-0.2, -0.15) is 10.4 Å². The first kappa shape index (κ1) is 9.59. The highest BCUT2D eigenvalue weighted by Gasteiger charge is 2.12. The molecular weight excluding hydrogens is 164 g/mol. The Balaban J connectivity index is 3.12. The summed E-state index contributed by atoms with van der Waals surface area (Å²) in [6.45, 7) is 4.80. The fourth-order valence-corrected chi connectivity index (χ4v) is 1.28. The largest absolute Gasteiger partial charge is 0.383 e. The highest BCUT2D eigenvalue weighted by Crippen LogP contribution is 2.16. The van der Waals surface area contributed by atoms with E-state index in [1.54, 1.807) is 4.68 Å². The number of aromatic nitrogens is 2. The van der Waals surface area contributed by atoms with Gasteiger partial charge in [-0.15, -0.1) is 0 Å². The van der Waals surface area contributed by atoms with Gasteiger partial charge in [-0.3, -0.25) is 0 Å². The molecule has 0 amide bonds.